The van der Waals surface area contributed by atoms with E-state index < -0.39 is 0 Å². The highest BCUT2D eigenvalue weighted by Crippen LogP contribution is 2.61. The largest absolute Gasteiger partial charge is 0.493 e. The quantitative estimate of drug-likeness (QED) is 0.512. The third kappa shape index (κ3) is 3.38. The summed E-state index contributed by atoms with van der Waals surface area (Å²) in [7, 11) is 3.26. The SMILES string of the molecule is COc1cc(C)c(-c2cnc(N)nc2Nc2nocc2C23CC4CC(CC(C4)C2)C3)cc1OC. The minimum atomic E-state index is 0.148. The fourth-order valence-electron chi connectivity index (χ4n) is 7.21. The van der Waals surface area contributed by atoms with Gasteiger partial charge in [-0.15, -0.1) is 0 Å². The number of aryl methyl sites for hydroxylation is 1. The topological polar surface area (TPSA) is 108 Å². The van der Waals surface area contributed by atoms with Crippen LogP contribution in [0.4, 0.5) is 17.6 Å². The van der Waals surface area contributed by atoms with Gasteiger partial charge in [-0.3, -0.25) is 0 Å². The number of benzene rings is 1. The molecule has 2 aromatic heterocycles. The Kier molecular flexibility index (Phi) is 4.93. The van der Waals surface area contributed by atoms with Crippen LogP contribution in [0.25, 0.3) is 11.1 Å². The van der Waals surface area contributed by atoms with E-state index in [2.05, 4.69) is 20.4 Å². The van der Waals surface area contributed by atoms with E-state index in [-0.39, 0.29) is 11.4 Å². The maximum Gasteiger partial charge on any atom is 0.221 e. The summed E-state index contributed by atoms with van der Waals surface area (Å²) in [6, 6.07) is 3.89. The Labute approximate surface area is 199 Å². The van der Waals surface area contributed by atoms with Crippen molar-refractivity contribution >= 4 is 17.6 Å². The Bertz CT molecular complexity index is 1200. The fraction of sp³-hybridized carbons (Fsp3) is 0.500. The van der Waals surface area contributed by atoms with E-state index in [4.69, 9.17) is 19.7 Å². The molecule has 34 heavy (non-hydrogen) atoms. The average Bonchev–Trinajstić information content (AvgIpc) is 3.27. The summed E-state index contributed by atoms with van der Waals surface area (Å²) >= 11 is 0. The normalized spacial score (nSPS) is 27.1. The van der Waals surface area contributed by atoms with Crippen molar-refractivity contribution in [3.63, 3.8) is 0 Å². The van der Waals surface area contributed by atoms with Crippen molar-refractivity contribution in [3.8, 4) is 22.6 Å². The summed E-state index contributed by atoms with van der Waals surface area (Å²) in [5.74, 6) is 5.33. The van der Waals surface area contributed by atoms with Crippen molar-refractivity contribution in [1.29, 1.82) is 0 Å². The van der Waals surface area contributed by atoms with Gasteiger partial charge in [0.25, 0.3) is 0 Å². The lowest BCUT2D eigenvalue weighted by Crippen LogP contribution is -2.48. The van der Waals surface area contributed by atoms with Gasteiger partial charge in [-0.25, -0.2) is 4.98 Å². The van der Waals surface area contributed by atoms with E-state index in [0.717, 1.165) is 40.3 Å². The van der Waals surface area contributed by atoms with Gasteiger partial charge in [0.2, 0.25) is 5.95 Å². The van der Waals surface area contributed by atoms with E-state index in [1.54, 1.807) is 20.4 Å². The predicted molar refractivity (Wildman–Crippen MR) is 129 cm³/mol. The van der Waals surface area contributed by atoms with Gasteiger partial charge in [-0.2, -0.15) is 4.98 Å². The zero-order valence-electron chi connectivity index (χ0n) is 19.9. The van der Waals surface area contributed by atoms with Crippen molar-refractivity contribution in [2.24, 2.45) is 17.8 Å². The minimum absolute atomic E-state index is 0.148. The second-order valence-corrected chi connectivity index (χ2v) is 10.4. The van der Waals surface area contributed by atoms with Crippen molar-refractivity contribution in [2.75, 3.05) is 25.3 Å². The molecule has 0 aliphatic heterocycles. The molecule has 178 valence electrons. The van der Waals surface area contributed by atoms with E-state index in [1.165, 1.54) is 44.1 Å². The van der Waals surface area contributed by atoms with Crippen molar-refractivity contribution in [1.82, 2.24) is 15.1 Å². The molecule has 0 radical (unpaired) electrons. The Morgan fingerprint density at radius 2 is 1.62 bits per heavy atom. The van der Waals surface area contributed by atoms with Crippen LogP contribution >= 0.6 is 0 Å². The summed E-state index contributed by atoms with van der Waals surface area (Å²) < 4.78 is 16.6. The molecule has 3 N–H and O–H groups in total. The Morgan fingerprint density at radius 1 is 0.971 bits per heavy atom. The molecule has 0 unspecified atom stereocenters. The average molecular weight is 462 g/mol. The molecule has 2 heterocycles. The van der Waals surface area contributed by atoms with Crippen LogP contribution in [0.1, 0.15) is 49.7 Å². The summed E-state index contributed by atoms with van der Waals surface area (Å²) in [6.07, 6.45) is 11.4. The number of nitrogen functional groups attached to an aromatic ring is 1. The van der Waals surface area contributed by atoms with Gasteiger partial charge >= 0.3 is 0 Å². The number of aromatic nitrogens is 3. The van der Waals surface area contributed by atoms with Gasteiger partial charge in [0.1, 0.15) is 12.1 Å². The van der Waals surface area contributed by atoms with E-state index >= 15 is 0 Å². The molecule has 4 aliphatic rings. The second-order valence-electron chi connectivity index (χ2n) is 10.4. The monoisotopic (exact) mass is 461 g/mol. The third-order valence-corrected chi connectivity index (χ3v) is 8.24. The summed E-state index contributed by atoms with van der Waals surface area (Å²) in [6.45, 7) is 2.02. The molecule has 0 saturated heterocycles. The first-order valence-corrected chi connectivity index (χ1v) is 12.1. The Balaban J connectivity index is 1.40. The molecule has 7 rings (SSSR count). The molecule has 0 spiro atoms. The van der Waals surface area contributed by atoms with Crippen LogP contribution < -0.4 is 20.5 Å². The van der Waals surface area contributed by atoms with Crippen molar-refractivity contribution < 1.29 is 14.0 Å². The number of hydrogen-bond acceptors (Lipinski definition) is 8. The second kappa shape index (κ2) is 7.89. The smallest absolute Gasteiger partial charge is 0.221 e. The van der Waals surface area contributed by atoms with Crippen LogP contribution in [0.5, 0.6) is 11.5 Å². The standard InChI is InChI=1S/C26H31N5O3/c1-14-4-21(32-2)22(33-3)8-18(14)19-12-28-25(27)30-23(19)29-24-20(13-34-31-24)26-9-15-5-16(10-26)7-17(6-15)11-26/h4,8,12-13,15-17H,5-7,9-11H2,1-3H3,(H3,27,28,29,30,31). The van der Waals surface area contributed by atoms with Gasteiger partial charge in [0, 0.05) is 22.7 Å². The van der Waals surface area contributed by atoms with Crippen LogP contribution in [0.15, 0.2) is 29.1 Å². The molecule has 4 bridgehead atoms. The summed E-state index contributed by atoms with van der Waals surface area (Å²) in [4.78, 5) is 8.83. The van der Waals surface area contributed by atoms with Crippen molar-refractivity contribution in [3.05, 3.63) is 35.7 Å². The molecule has 4 aliphatic carbocycles. The molecule has 0 atom stereocenters. The number of nitrogens with one attached hydrogen (secondary N) is 1. The first-order valence-electron chi connectivity index (χ1n) is 12.1. The van der Waals surface area contributed by atoms with Crippen LogP contribution in [-0.4, -0.2) is 29.3 Å². The van der Waals surface area contributed by atoms with Crippen LogP contribution in [0.2, 0.25) is 0 Å². The van der Waals surface area contributed by atoms with Crippen molar-refractivity contribution in [2.45, 2.75) is 50.9 Å². The number of nitrogens with two attached hydrogens (primary N) is 1. The first kappa shape index (κ1) is 21.3. The van der Waals surface area contributed by atoms with E-state index in [9.17, 15) is 0 Å². The lowest BCUT2D eigenvalue weighted by atomic mass is 9.48. The van der Waals surface area contributed by atoms with Gasteiger partial charge in [-0.1, -0.05) is 5.16 Å². The molecule has 1 aromatic carbocycles. The molecule has 3 aromatic rings. The van der Waals surface area contributed by atoms with Gasteiger partial charge in [-0.05, 0) is 86.5 Å². The van der Waals surface area contributed by atoms with Gasteiger partial charge in [0.05, 0.1) is 14.2 Å². The minimum Gasteiger partial charge on any atom is -0.493 e. The number of ether oxygens (including phenoxy) is 2. The number of anilines is 3. The molecule has 4 fully saturated rings. The summed E-state index contributed by atoms with van der Waals surface area (Å²) in [5, 5.41) is 7.86. The van der Waals surface area contributed by atoms with Crippen LogP contribution in [-0.2, 0) is 5.41 Å². The number of nitrogens with zero attached hydrogens (tertiary/aromatic N) is 3. The first-order chi connectivity index (χ1) is 16.5. The maximum atomic E-state index is 6.01. The van der Waals surface area contributed by atoms with E-state index in [0.29, 0.717) is 17.3 Å². The van der Waals surface area contributed by atoms with Gasteiger partial charge < -0.3 is 25.0 Å². The highest BCUT2D eigenvalue weighted by atomic mass is 16.5. The highest BCUT2D eigenvalue weighted by Gasteiger charge is 2.53. The molecular formula is C26H31N5O3. The fourth-order valence-corrected chi connectivity index (χ4v) is 7.21. The molecule has 8 nitrogen and oxygen atoms in total. The van der Waals surface area contributed by atoms with Crippen LogP contribution in [0.3, 0.4) is 0 Å². The highest BCUT2D eigenvalue weighted by molar-refractivity contribution is 5.81. The Morgan fingerprint density at radius 3 is 2.26 bits per heavy atom. The van der Waals surface area contributed by atoms with E-state index in [1.807, 2.05) is 25.3 Å². The molecular weight excluding hydrogens is 430 g/mol. The summed E-state index contributed by atoms with van der Waals surface area (Å²) in [5.41, 5.74) is 10.1. The number of rotatable bonds is 6. The Hall–Kier alpha value is -3.29. The third-order valence-electron chi connectivity index (χ3n) is 8.24. The molecule has 4 saturated carbocycles. The number of hydrogen-bond donors (Lipinski definition) is 2. The zero-order valence-corrected chi connectivity index (χ0v) is 19.9. The predicted octanol–water partition coefficient (Wildman–Crippen LogP) is 5.25. The zero-order chi connectivity index (χ0) is 23.4. The molecule has 8 heteroatoms. The number of methoxy groups -OCH3 is 2. The van der Waals surface area contributed by atoms with Crippen LogP contribution in [0, 0.1) is 24.7 Å². The maximum absolute atomic E-state index is 6.01. The molecule has 0 amide bonds. The lowest BCUT2D eigenvalue weighted by Gasteiger charge is -2.56. The van der Waals surface area contributed by atoms with Gasteiger partial charge in [0.15, 0.2) is 17.3 Å². The lowest BCUT2D eigenvalue weighted by molar-refractivity contribution is -0.00512.